The van der Waals surface area contributed by atoms with Crippen molar-refractivity contribution in [2.45, 2.75) is 13.0 Å². The Kier molecular flexibility index (Phi) is 4.34. The highest BCUT2D eigenvalue weighted by Gasteiger charge is 2.24. The summed E-state index contributed by atoms with van der Waals surface area (Å²) in [6.45, 7) is 2.62. The predicted molar refractivity (Wildman–Crippen MR) is 90.9 cm³/mol. The Morgan fingerprint density at radius 3 is 2.91 bits per heavy atom. The normalized spacial score (nSPS) is 14.1. The molecule has 2 heterocycles. The molecule has 23 heavy (non-hydrogen) atoms. The number of para-hydroxylation sites is 1. The molecule has 2 aromatic rings. The molecule has 0 fully saturated rings. The number of pyridine rings is 1. The van der Waals surface area contributed by atoms with Gasteiger partial charge in [0, 0.05) is 42.7 Å². The Morgan fingerprint density at radius 1 is 1.39 bits per heavy atom. The first-order valence-corrected chi connectivity index (χ1v) is 7.83. The predicted octanol–water partition coefficient (Wildman–Crippen LogP) is 2.24. The molecule has 0 atom stereocenters. The van der Waals surface area contributed by atoms with Crippen LogP contribution in [0.25, 0.3) is 10.9 Å². The van der Waals surface area contributed by atoms with Crippen molar-refractivity contribution in [2.75, 3.05) is 39.0 Å². The number of hydrogen-bond acceptors (Lipinski definition) is 4. The van der Waals surface area contributed by atoms with Gasteiger partial charge in [-0.3, -0.25) is 4.98 Å². The lowest BCUT2D eigenvalue weighted by Crippen LogP contribution is -2.36. The Labute approximate surface area is 135 Å². The van der Waals surface area contributed by atoms with Gasteiger partial charge in [0.05, 0.1) is 17.7 Å². The van der Waals surface area contributed by atoms with E-state index < -0.39 is 6.09 Å². The molecule has 0 aliphatic carbocycles. The van der Waals surface area contributed by atoms with Crippen molar-refractivity contribution in [2.24, 2.45) is 0 Å². The van der Waals surface area contributed by atoms with Crippen molar-refractivity contribution in [3.8, 4) is 0 Å². The second-order valence-electron chi connectivity index (χ2n) is 6.11. The third-order valence-electron chi connectivity index (χ3n) is 4.18. The standard InChI is InChI=1S/C17H22N4O2/c1-20(2)10-8-18-16-12-5-3-4-6-14(12)19-15-7-9-21(17(22)23)11-13(15)16/h3-6H,7-11H2,1-2H3,(H,18,19)(H,22,23). The summed E-state index contributed by atoms with van der Waals surface area (Å²) in [4.78, 5) is 19.6. The largest absolute Gasteiger partial charge is 0.465 e. The van der Waals surface area contributed by atoms with Crippen LogP contribution < -0.4 is 5.32 Å². The smallest absolute Gasteiger partial charge is 0.407 e. The Balaban J connectivity index is 2.02. The average molecular weight is 314 g/mol. The summed E-state index contributed by atoms with van der Waals surface area (Å²) in [6.07, 6.45) is -0.211. The van der Waals surface area contributed by atoms with Gasteiger partial charge in [0.1, 0.15) is 0 Å². The second kappa shape index (κ2) is 6.42. The minimum absolute atomic E-state index is 0.396. The fraction of sp³-hybridized carbons (Fsp3) is 0.412. The molecule has 1 aromatic carbocycles. The fourth-order valence-corrected chi connectivity index (χ4v) is 2.96. The molecule has 6 nitrogen and oxygen atoms in total. The van der Waals surface area contributed by atoms with Crippen LogP contribution >= 0.6 is 0 Å². The van der Waals surface area contributed by atoms with Gasteiger partial charge < -0.3 is 20.2 Å². The molecule has 1 aliphatic heterocycles. The molecule has 3 rings (SSSR count). The highest BCUT2D eigenvalue weighted by Crippen LogP contribution is 2.32. The van der Waals surface area contributed by atoms with Gasteiger partial charge in [-0.15, -0.1) is 0 Å². The van der Waals surface area contributed by atoms with Crippen LogP contribution in [-0.4, -0.2) is 59.7 Å². The number of fused-ring (bicyclic) bond motifs is 2. The van der Waals surface area contributed by atoms with E-state index in [0.29, 0.717) is 19.5 Å². The zero-order chi connectivity index (χ0) is 16.4. The number of nitrogens with zero attached hydrogens (tertiary/aromatic N) is 3. The zero-order valence-corrected chi connectivity index (χ0v) is 13.5. The van der Waals surface area contributed by atoms with E-state index in [1.807, 2.05) is 38.4 Å². The molecule has 0 spiro atoms. The number of aromatic nitrogens is 1. The monoisotopic (exact) mass is 314 g/mol. The molecule has 0 saturated heterocycles. The van der Waals surface area contributed by atoms with Crippen molar-refractivity contribution in [3.05, 3.63) is 35.5 Å². The first kappa shape index (κ1) is 15.6. The van der Waals surface area contributed by atoms with Crippen molar-refractivity contribution in [1.82, 2.24) is 14.8 Å². The highest BCUT2D eigenvalue weighted by atomic mass is 16.4. The number of nitrogens with one attached hydrogen (secondary N) is 1. The van der Waals surface area contributed by atoms with Gasteiger partial charge in [-0.05, 0) is 20.2 Å². The summed E-state index contributed by atoms with van der Waals surface area (Å²) in [6, 6.07) is 8.03. The van der Waals surface area contributed by atoms with E-state index in [0.717, 1.165) is 40.9 Å². The van der Waals surface area contributed by atoms with Gasteiger partial charge in [0.2, 0.25) is 0 Å². The SMILES string of the molecule is CN(C)CCNc1c2c(nc3ccccc13)CCN(C(=O)O)C2. The number of carbonyl (C=O) groups is 1. The van der Waals surface area contributed by atoms with Crippen molar-refractivity contribution < 1.29 is 9.90 Å². The van der Waals surface area contributed by atoms with Crippen LogP contribution in [-0.2, 0) is 13.0 Å². The van der Waals surface area contributed by atoms with E-state index in [1.165, 1.54) is 4.90 Å². The van der Waals surface area contributed by atoms with Crippen LogP contribution in [0.4, 0.5) is 10.5 Å². The zero-order valence-electron chi connectivity index (χ0n) is 13.5. The molecule has 1 aromatic heterocycles. The molecule has 6 heteroatoms. The molecule has 0 radical (unpaired) electrons. The molecule has 1 amide bonds. The van der Waals surface area contributed by atoms with Gasteiger partial charge in [-0.2, -0.15) is 0 Å². The van der Waals surface area contributed by atoms with Crippen molar-refractivity contribution in [3.63, 3.8) is 0 Å². The summed E-state index contributed by atoms with van der Waals surface area (Å²) in [5.74, 6) is 0. The van der Waals surface area contributed by atoms with Crippen LogP contribution in [0.5, 0.6) is 0 Å². The maximum atomic E-state index is 11.3. The highest BCUT2D eigenvalue weighted by molar-refractivity contribution is 5.93. The number of hydrogen-bond donors (Lipinski definition) is 2. The van der Waals surface area contributed by atoms with Gasteiger partial charge >= 0.3 is 6.09 Å². The van der Waals surface area contributed by atoms with Crippen LogP contribution in [0.2, 0.25) is 0 Å². The molecule has 2 N–H and O–H groups in total. The summed E-state index contributed by atoms with van der Waals surface area (Å²) in [5.41, 5.74) is 4.01. The van der Waals surface area contributed by atoms with E-state index in [2.05, 4.69) is 10.2 Å². The van der Waals surface area contributed by atoms with Crippen LogP contribution in [0.3, 0.4) is 0 Å². The molecule has 0 unspecified atom stereocenters. The van der Waals surface area contributed by atoms with Gasteiger partial charge in [-0.25, -0.2) is 4.79 Å². The van der Waals surface area contributed by atoms with Crippen LogP contribution in [0, 0.1) is 0 Å². The Morgan fingerprint density at radius 2 is 2.17 bits per heavy atom. The minimum atomic E-state index is -0.872. The van der Waals surface area contributed by atoms with E-state index in [-0.39, 0.29) is 0 Å². The lowest BCUT2D eigenvalue weighted by atomic mass is 10.00. The van der Waals surface area contributed by atoms with Crippen LogP contribution in [0.15, 0.2) is 24.3 Å². The van der Waals surface area contributed by atoms with E-state index in [9.17, 15) is 9.90 Å². The molecular formula is C17H22N4O2. The van der Waals surface area contributed by atoms with E-state index in [4.69, 9.17) is 4.98 Å². The molecule has 0 bridgehead atoms. The number of amides is 1. The molecule has 0 saturated carbocycles. The lowest BCUT2D eigenvalue weighted by molar-refractivity contribution is 0.139. The molecular weight excluding hydrogens is 292 g/mol. The first-order valence-electron chi connectivity index (χ1n) is 7.83. The summed E-state index contributed by atoms with van der Waals surface area (Å²) >= 11 is 0. The van der Waals surface area contributed by atoms with Gasteiger partial charge in [0.25, 0.3) is 0 Å². The quantitative estimate of drug-likeness (QED) is 0.906. The molecule has 1 aliphatic rings. The van der Waals surface area contributed by atoms with Gasteiger partial charge in [-0.1, -0.05) is 18.2 Å². The Hall–Kier alpha value is -2.34. The average Bonchev–Trinajstić information content (AvgIpc) is 2.53. The number of rotatable bonds is 4. The number of benzene rings is 1. The first-order chi connectivity index (χ1) is 11.1. The third-order valence-corrected chi connectivity index (χ3v) is 4.18. The van der Waals surface area contributed by atoms with Crippen LogP contribution in [0.1, 0.15) is 11.3 Å². The fourth-order valence-electron chi connectivity index (χ4n) is 2.96. The third kappa shape index (κ3) is 3.22. The number of carboxylic acid groups (broad SMARTS) is 1. The topological polar surface area (TPSA) is 68.7 Å². The van der Waals surface area contributed by atoms with Gasteiger partial charge in [0.15, 0.2) is 0 Å². The number of anilines is 1. The second-order valence-corrected chi connectivity index (χ2v) is 6.11. The van der Waals surface area contributed by atoms with Crippen molar-refractivity contribution in [1.29, 1.82) is 0 Å². The maximum Gasteiger partial charge on any atom is 0.407 e. The van der Waals surface area contributed by atoms with E-state index >= 15 is 0 Å². The Bertz CT molecular complexity index is 730. The number of likely N-dealkylation sites (N-methyl/N-ethyl adjacent to an activating group) is 1. The summed E-state index contributed by atoms with van der Waals surface area (Å²) in [5, 5.41) is 13.9. The molecule has 122 valence electrons. The summed E-state index contributed by atoms with van der Waals surface area (Å²) in [7, 11) is 4.07. The van der Waals surface area contributed by atoms with E-state index in [1.54, 1.807) is 0 Å². The van der Waals surface area contributed by atoms with Crippen molar-refractivity contribution >= 4 is 22.7 Å². The lowest BCUT2D eigenvalue weighted by Gasteiger charge is -2.28. The minimum Gasteiger partial charge on any atom is -0.465 e. The maximum absolute atomic E-state index is 11.3. The summed E-state index contributed by atoms with van der Waals surface area (Å²) < 4.78 is 0.